The third-order valence-corrected chi connectivity index (χ3v) is 5.55. The Hall–Kier alpha value is -3.10. The molecule has 0 radical (unpaired) electrons. The highest BCUT2D eigenvalue weighted by Gasteiger charge is 2.43. The molecule has 0 aromatic heterocycles. The van der Waals surface area contributed by atoms with Crippen LogP contribution in [0, 0.1) is 0 Å². The summed E-state index contributed by atoms with van der Waals surface area (Å²) in [6, 6.07) is 7.56. The van der Waals surface area contributed by atoms with Crippen LogP contribution in [-0.2, 0) is 25.7 Å². The second-order valence-electron chi connectivity index (χ2n) is 9.15. The first-order valence-electron chi connectivity index (χ1n) is 10.9. The molecule has 2 fully saturated rings. The Kier molecular flexibility index (Phi) is 7.37. The number of nitrogens with zero attached hydrogens (tertiary/aromatic N) is 2. The van der Waals surface area contributed by atoms with Crippen LogP contribution in [0.3, 0.4) is 0 Å². The van der Waals surface area contributed by atoms with E-state index in [4.69, 9.17) is 9.47 Å². The molecule has 0 unspecified atom stereocenters. The van der Waals surface area contributed by atoms with Crippen LogP contribution in [0.15, 0.2) is 30.3 Å². The number of alkyl carbamates (subject to hydrolysis) is 1. The van der Waals surface area contributed by atoms with Gasteiger partial charge in [-0.2, -0.15) is 0 Å². The number of nitrogens with one attached hydrogen (secondary N) is 1. The van der Waals surface area contributed by atoms with Gasteiger partial charge in [-0.25, -0.2) is 9.59 Å². The second kappa shape index (κ2) is 10.0. The van der Waals surface area contributed by atoms with Gasteiger partial charge >= 0.3 is 12.2 Å². The Bertz CT molecular complexity index is 838. The first kappa shape index (κ1) is 23.6. The molecule has 9 nitrogen and oxygen atoms in total. The minimum atomic E-state index is -1.04. The maximum Gasteiger partial charge on any atom is 0.410 e. The fourth-order valence-electron chi connectivity index (χ4n) is 4.08. The molecule has 3 atom stereocenters. The first-order valence-corrected chi connectivity index (χ1v) is 10.9. The highest BCUT2D eigenvalue weighted by molar-refractivity contribution is 5.89. The monoisotopic (exact) mass is 445 g/mol. The summed E-state index contributed by atoms with van der Waals surface area (Å²) in [6.07, 6.45) is 1.23. The van der Waals surface area contributed by atoms with Gasteiger partial charge in [-0.15, -0.1) is 0 Å². The Morgan fingerprint density at radius 2 is 1.88 bits per heavy atom. The van der Waals surface area contributed by atoms with Crippen molar-refractivity contribution in [2.24, 2.45) is 0 Å². The summed E-state index contributed by atoms with van der Waals surface area (Å²) in [5.41, 5.74) is 0.105. The average Bonchev–Trinajstić information content (AvgIpc) is 3.14. The molecular weight excluding hydrogens is 414 g/mol. The molecule has 1 aromatic rings. The predicted molar refractivity (Wildman–Crippen MR) is 116 cm³/mol. The average molecular weight is 446 g/mol. The van der Waals surface area contributed by atoms with Crippen LogP contribution in [0.5, 0.6) is 0 Å². The zero-order valence-electron chi connectivity index (χ0n) is 18.8. The Morgan fingerprint density at radius 3 is 2.53 bits per heavy atom. The molecule has 3 amide bonds. The van der Waals surface area contributed by atoms with Crippen molar-refractivity contribution in [2.75, 3.05) is 13.1 Å². The molecule has 0 saturated carbocycles. The van der Waals surface area contributed by atoms with Crippen molar-refractivity contribution in [3.63, 3.8) is 0 Å². The van der Waals surface area contributed by atoms with Crippen molar-refractivity contribution in [1.29, 1.82) is 0 Å². The van der Waals surface area contributed by atoms with Gasteiger partial charge in [-0.05, 0) is 45.6 Å². The van der Waals surface area contributed by atoms with E-state index in [1.807, 2.05) is 30.3 Å². The Balaban J connectivity index is 1.75. The lowest BCUT2D eigenvalue weighted by Gasteiger charge is -2.37. The van der Waals surface area contributed by atoms with Crippen LogP contribution >= 0.6 is 0 Å². The van der Waals surface area contributed by atoms with Crippen LogP contribution in [0.25, 0.3) is 0 Å². The van der Waals surface area contributed by atoms with E-state index < -0.39 is 35.8 Å². The molecule has 0 bridgehead atoms. The minimum absolute atomic E-state index is 0.0690. The molecule has 2 heterocycles. The third kappa shape index (κ3) is 5.99. The quantitative estimate of drug-likeness (QED) is 0.714. The minimum Gasteiger partial charge on any atom is -0.445 e. The maximum atomic E-state index is 13.3. The second-order valence-corrected chi connectivity index (χ2v) is 9.15. The number of carbonyl (C=O) groups excluding carboxylic acids is 4. The Labute approximate surface area is 188 Å². The van der Waals surface area contributed by atoms with Gasteiger partial charge in [-0.3, -0.25) is 4.79 Å². The first-order chi connectivity index (χ1) is 15.2. The fourth-order valence-corrected chi connectivity index (χ4v) is 4.08. The number of carbonyl (C=O) groups is 4. The zero-order chi connectivity index (χ0) is 23.3. The van der Waals surface area contributed by atoms with Crippen LogP contribution in [0.1, 0.15) is 45.6 Å². The molecule has 3 rings (SSSR count). The van der Waals surface area contributed by atoms with Crippen LogP contribution < -0.4 is 5.32 Å². The topological polar surface area (TPSA) is 105 Å². The summed E-state index contributed by atoms with van der Waals surface area (Å²) in [5, 5.41) is 2.59. The van der Waals surface area contributed by atoms with E-state index in [-0.39, 0.29) is 19.2 Å². The molecule has 9 heteroatoms. The number of hydrogen-bond donors (Lipinski definition) is 1. The summed E-state index contributed by atoms with van der Waals surface area (Å²) < 4.78 is 10.8. The predicted octanol–water partition coefficient (Wildman–Crippen LogP) is 2.48. The normalized spacial score (nSPS) is 23.6. The summed E-state index contributed by atoms with van der Waals surface area (Å²) >= 11 is 0. The number of rotatable bonds is 4. The van der Waals surface area contributed by atoms with Crippen LogP contribution in [-0.4, -0.2) is 71.0 Å². The highest BCUT2D eigenvalue weighted by Crippen LogP contribution is 2.28. The maximum absolute atomic E-state index is 13.3. The van der Waals surface area contributed by atoms with Crippen molar-refractivity contribution in [3.8, 4) is 0 Å². The van der Waals surface area contributed by atoms with Crippen molar-refractivity contribution >= 4 is 24.4 Å². The lowest BCUT2D eigenvalue weighted by atomic mass is 10.1. The molecule has 2 aliphatic heterocycles. The summed E-state index contributed by atoms with van der Waals surface area (Å²) in [6.45, 7) is 5.55. The van der Waals surface area contributed by atoms with E-state index in [2.05, 4.69) is 5.32 Å². The lowest BCUT2D eigenvalue weighted by Crippen LogP contribution is -2.60. The number of hydrogen-bond acceptors (Lipinski definition) is 6. The van der Waals surface area contributed by atoms with Gasteiger partial charge < -0.3 is 29.4 Å². The largest absolute Gasteiger partial charge is 0.445 e. The molecule has 0 spiro atoms. The smallest absolute Gasteiger partial charge is 0.410 e. The Morgan fingerprint density at radius 1 is 1.16 bits per heavy atom. The molecular formula is C23H31N3O6. The van der Waals surface area contributed by atoms with E-state index in [1.54, 1.807) is 25.7 Å². The van der Waals surface area contributed by atoms with Crippen LogP contribution in [0.2, 0.25) is 0 Å². The van der Waals surface area contributed by atoms with Gasteiger partial charge in [0.1, 0.15) is 24.5 Å². The van der Waals surface area contributed by atoms with Gasteiger partial charge in [0.2, 0.25) is 5.91 Å². The lowest BCUT2D eigenvalue weighted by molar-refractivity contribution is -0.140. The summed E-state index contributed by atoms with van der Waals surface area (Å²) in [5.74, 6) is -0.393. The number of benzene rings is 1. The van der Waals surface area contributed by atoms with E-state index in [0.29, 0.717) is 25.8 Å². The van der Waals surface area contributed by atoms with Crippen molar-refractivity contribution in [2.45, 2.75) is 70.4 Å². The number of fused-ring (bicyclic) bond motifs is 1. The standard InChI is InChI=1S/C23H31N3O6/c1-23(2,3)32-21(29)24-19-13-25(22(30)31-15-16-7-5-4-6-8-16)12-11-17-9-10-18(14-27)26(17)20(19)28/h4-8,14,17-19H,9-13,15H2,1-3H3,(H,24,29)/t17-,18+,19+/m1/s1. The molecule has 32 heavy (non-hydrogen) atoms. The number of amides is 3. The molecule has 174 valence electrons. The molecule has 2 saturated heterocycles. The van der Waals surface area contributed by atoms with Gasteiger partial charge in [0.25, 0.3) is 0 Å². The third-order valence-electron chi connectivity index (χ3n) is 5.55. The zero-order valence-corrected chi connectivity index (χ0v) is 18.8. The SMILES string of the molecule is CC(C)(C)OC(=O)N[C@H]1CN(C(=O)OCc2ccccc2)CC[C@H]2CC[C@@H](C=O)N2C1=O. The van der Waals surface area contributed by atoms with E-state index in [9.17, 15) is 19.2 Å². The molecule has 1 aromatic carbocycles. The fraction of sp³-hybridized carbons (Fsp3) is 0.565. The van der Waals surface area contributed by atoms with Crippen molar-refractivity contribution < 1.29 is 28.7 Å². The summed E-state index contributed by atoms with van der Waals surface area (Å²) in [4.78, 5) is 53.0. The molecule has 1 N–H and O–H groups in total. The van der Waals surface area contributed by atoms with Gasteiger partial charge in [0, 0.05) is 12.6 Å². The van der Waals surface area contributed by atoms with Crippen LogP contribution in [0.4, 0.5) is 9.59 Å². The molecule has 0 aliphatic carbocycles. The van der Waals surface area contributed by atoms with Gasteiger partial charge in [0.05, 0.1) is 12.6 Å². The number of aldehydes is 1. The van der Waals surface area contributed by atoms with Gasteiger partial charge in [-0.1, -0.05) is 30.3 Å². The van der Waals surface area contributed by atoms with Gasteiger partial charge in [0.15, 0.2) is 0 Å². The van der Waals surface area contributed by atoms with E-state index in [0.717, 1.165) is 11.8 Å². The number of ether oxygens (including phenoxy) is 2. The van der Waals surface area contributed by atoms with E-state index in [1.165, 1.54) is 4.90 Å². The summed E-state index contributed by atoms with van der Waals surface area (Å²) in [7, 11) is 0. The van der Waals surface area contributed by atoms with Crippen molar-refractivity contribution in [1.82, 2.24) is 15.1 Å². The highest BCUT2D eigenvalue weighted by atomic mass is 16.6. The molecule has 2 aliphatic rings. The van der Waals surface area contributed by atoms with Crippen molar-refractivity contribution in [3.05, 3.63) is 35.9 Å². The van der Waals surface area contributed by atoms with E-state index >= 15 is 0 Å².